The smallest absolute Gasteiger partial charge is 0.350 e. The normalized spacial score (nSPS) is 11.2. The number of anilines is 2. The zero-order valence-electron chi connectivity index (χ0n) is 22.5. The minimum Gasteiger partial charge on any atom is -0.366 e. The standard InChI is InChI=1S/C28H28N8O4/c1-5-35(26(30-3)18-9-11-22(12-10-18)36-17(2)33-34(4)28(36)40)24-20(16-37)13-14-31-23(24)27(39)32-21-8-6-7-19(15-21)25(29)38/h6-16H,5H2,1-4H3,(H2,29,38)(H,32,39). The van der Waals surface area contributed by atoms with Crippen LogP contribution in [0.3, 0.4) is 0 Å². The van der Waals surface area contributed by atoms with Crippen molar-refractivity contribution < 1.29 is 14.4 Å². The van der Waals surface area contributed by atoms with Crippen LogP contribution in [0, 0.1) is 6.92 Å². The number of nitrogens with zero attached hydrogens (tertiary/aromatic N) is 6. The molecule has 2 heterocycles. The van der Waals surface area contributed by atoms with Crippen LogP contribution in [0.2, 0.25) is 0 Å². The van der Waals surface area contributed by atoms with Crippen LogP contribution in [0.15, 0.2) is 70.6 Å². The lowest BCUT2D eigenvalue weighted by Crippen LogP contribution is -2.35. The van der Waals surface area contributed by atoms with Crippen LogP contribution in [0.5, 0.6) is 0 Å². The van der Waals surface area contributed by atoms with Gasteiger partial charge in [-0.3, -0.25) is 19.4 Å². The minimum absolute atomic E-state index is 0.00812. The van der Waals surface area contributed by atoms with Crippen molar-refractivity contribution >= 4 is 35.3 Å². The number of carbonyl (C=O) groups excluding carboxylic acids is 3. The second-order valence-electron chi connectivity index (χ2n) is 8.74. The quantitative estimate of drug-likeness (QED) is 0.197. The molecule has 204 valence electrons. The van der Waals surface area contributed by atoms with Gasteiger partial charge in [0.25, 0.3) is 5.91 Å². The van der Waals surface area contributed by atoms with Crippen LogP contribution in [-0.4, -0.2) is 56.9 Å². The molecule has 0 saturated heterocycles. The maximum atomic E-state index is 13.4. The van der Waals surface area contributed by atoms with E-state index in [1.165, 1.54) is 33.6 Å². The molecule has 0 unspecified atom stereocenters. The Labute approximate surface area is 229 Å². The van der Waals surface area contributed by atoms with Gasteiger partial charge >= 0.3 is 5.69 Å². The Morgan fingerprint density at radius 2 is 1.85 bits per heavy atom. The van der Waals surface area contributed by atoms with Crippen molar-refractivity contribution in [1.82, 2.24) is 19.3 Å². The van der Waals surface area contributed by atoms with Gasteiger partial charge in [-0.1, -0.05) is 6.07 Å². The highest BCUT2D eigenvalue weighted by Gasteiger charge is 2.25. The van der Waals surface area contributed by atoms with Crippen molar-refractivity contribution in [3.63, 3.8) is 0 Å². The Morgan fingerprint density at radius 3 is 2.42 bits per heavy atom. The summed E-state index contributed by atoms with van der Waals surface area (Å²) in [5.74, 6) is -0.197. The fourth-order valence-corrected chi connectivity index (χ4v) is 4.42. The van der Waals surface area contributed by atoms with E-state index in [9.17, 15) is 19.2 Å². The number of benzene rings is 2. The molecule has 0 aliphatic heterocycles. The maximum absolute atomic E-state index is 13.4. The molecule has 2 aromatic heterocycles. The highest BCUT2D eigenvalue weighted by atomic mass is 16.2. The number of aromatic nitrogens is 4. The first kappa shape index (κ1) is 27.6. The van der Waals surface area contributed by atoms with E-state index in [4.69, 9.17) is 5.73 Å². The highest BCUT2D eigenvalue weighted by Crippen LogP contribution is 2.27. The number of aryl methyl sites for hydroxylation is 2. The third-order valence-corrected chi connectivity index (χ3v) is 6.23. The lowest BCUT2D eigenvalue weighted by Gasteiger charge is -2.27. The van der Waals surface area contributed by atoms with Crippen molar-refractivity contribution in [1.29, 1.82) is 0 Å². The van der Waals surface area contributed by atoms with E-state index >= 15 is 0 Å². The molecular weight excluding hydrogens is 512 g/mol. The molecule has 0 spiro atoms. The van der Waals surface area contributed by atoms with Crippen LogP contribution in [-0.2, 0) is 7.05 Å². The lowest BCUT2D eigenvalue weighted by molar-refractivity contribution is 0.0995. The van der Waals surface area contributed by atoms with Crippen molar-refractivity contribution in [3.8, 4) is 5.69 Å². The summed E-state index contributed by atoms with van der Waals surface area (Å²) in [5, 5.41) is 6.89. The van der Waals surface area contributed by atoms with Gasteiger partial charge < -0.3 is 16.0 Å². The van der Waals surface area contributed by atoms with Crippen molar-refractivity contribution in [2.24, 2.45) is 17.8 Å². The fourth-order valence-electron chi connectivity index (χ4n) is 4.42. The van der Waals surface area contributed by atoms with Crippen LogP contribution < -0.4 is 21.6 Å². The number of aliphatic imine (C=N–C) groups is 1. The summed E-state index contributed by atoms with van der Waals surface area (Å²) in [6, 6.07) is 14.9. The van der Waals surface area contributed by atoms with E-state index < -0.39 is 11.8 Å². The van der Waals surface area contributed by atoms with E-state index in [1.54, 1.807) is 62.3 Å². The number of rotatable bonds is 8. The molecule has 4 aromatic rings. The first-order chi connectivity index (χ1) is 19.2. The molecule has 0 saturated carbocycles. The van der Waals surface area contributed by atoms with Gasteiger partial charge in [-0.15, -0.1) is 0 Å². The molecule has 12 nitrogen and oxygen atoms in total. The molecule has 0 aliphatic carbocycles. The highest BCUT2D eigenvalue weighted by molar-refractivity contribution is 6.16. The Hall–Kier alpha value is -5.39. The largest absolute Gasteiger partial charge is 0.366 e. The van der Waals surface area contributed by atoms with Gasteiger partial charge in [0.1, 0.15) is 11.7 Å². The molecular formula is C28H28N8O4. The summed E-state index contributed by atoms with van der Waals surface area (Å²) in [4.78, 5) is 60.0. The van der Waals surface area contributed by atoms with Gasteiger partial charge in [0.05, 0.1) is 11.4 Å². The number of aldehydes is 1. The summed E-state index contributed by atoms with van der Waals surface area (Å²) in [5.41, 5.74) is 7.48. The van der Waals surface area contributed by atoms with Crippen molar-refractivity contribution in [2.75, 3.05) is 23.8 Å². The van der Waals surface area contributed by atoms with E-state index in [0.717, 1.165) is 0 Å². The number of pyridine rings is 1. The predicted molar refractivity (Wildman–Crippen MR) is 152 cm³/mol. The topological polar surface area (TPSA) is 158 Å². The summed E-state index contributed by atoms with van der Waals surface area (Å²) in [7, 11) is 3.19. The van der Waals surface area contributed by atoms with E-state index in [1.807, 2.05) is 6.92 Å². The average Bonchev–Trinajstić information content (AvgIpc) is 3.21. The Balaban J connectivity index is 1.74. The fraction of sp³-hybridized carbons (Fsp3) is 0.179. The second kappa shape index (κ2) is 11.6. The molecule has 0 atom stereocenters. The molecule has 4 rings (SSSR count). The molecule has 2 aromatic carbocycles. The zero-order valence-corrected chi connectivity index (χ0v) is 22.5. The number of nitrogens with one attached hydrogen (secondary N) is 1. The average molecular weight is 541 g/mol. The van der Waals surface area contributed by atoms with Crippen LogP contribution in [0.1, 0.15) is 49.5 Å². The third-order valence-electron chi connectivity index (χ3n) is 6.23. The molecule has 0 bridgehead atoms. The molecule has 0 aliphatic rings. The number of amidine groups is 1. The van der Waals surface area contributed by atoms with Crippen molar-refractivity contribution in [3.05, 3.63) is 99.5 Å². The van der Waals surface area contributed by atoms with Gasteiger partial charge in [-0.2, -0.15) is 5.10 Å². The summed E-state index contributed by atoms with van der Waals surface area (Å²) in [6.07, 6.45) is 2.03. The Morgan fingerprint density at radius 1 is 1.12 bits per heavy atom. The SMILES string of the molecule is CCN(C(=NC)c1ccc(-n2c(C)nn(C)c2=O)cc1)c1c(C=O)ccnc1C(=O)Nc1cccc(C(N)=O)c1. The summed E-state index contributed by atoms with van der Waals surface area (Å²) >= 11 is 0. The van der Waals surface area contributed by atoms with E-state index in [2.05, 4.69) is 20.4 Å². The number of hydrogen-bond donors (Lipinski definition) is 2. The van der Waals surface area contributed by atoms with Gasteiger partial charge in [-0.25, -0.2) is 19.0 Å². The number of carbonyl (C=O) groups is 3. The van der Waals surface area contributed by atoms with E-state index in [0.29, 0.717) is 41.4 Å². The first-order valence-electron chi connectivity index (χ1n) is 12.3. The molecule has 3 N–H and O–H groups in total. The molecule has 40 heavy (non-hydrogen) atoms. The van der Waals surface area contributed by atoms with Gasteiger partial charge in [0.2, 0.25) is 5.91 Å². The molecule has 2 amide bonds. The zero-order chi connectivity index (χ0) is 29.0. The van der Waals surface area contributed by atoms with Gasteiger partial charge in [0.15, 0.2) is 12.0 Å². The predicted octanol–water partition coefficient (Wildman–Crippen LogP) is 2.34. The van der Waals surface area contributed by atoms with Gasteiger partial charge in [0, 0.05) is 49.2 Å². The lowest BCUT2D eigenvalue weighted by atomic mass is 10.1. The van der Waals surface area contributed by atoms with Crippen LogP contribution in [0.4, 0.5) is 11.4 Å². The van der Waals surface area contributed by atoms with E-state index in [-0.39, 0.29) is 28.2 Å². The number of primary amides is 1. The summed E-state index contributed by atoms with van der Waals surface area (Å²) in [6.45, 7) is 3.95. The molecule has 0 fully saturated rings. The van der Waals surface area contributed by atoms with Gasteiger partial charge in [-0.05, 0) is 62.4 Å². The third kappa shape index (κ3) is 5.27. The Kier molecular flexibility index (Phi) is 7.99. The van der Waals surface area contributed by atoms with Crippen LogP contribution >= 0.6 is 0 Å². The first-order valence-corrected chi connectivity index (χ1v) is 12.3. The van der Waals surface area contributed by atoms with Crippen LogP contribution in [0.25, 0.3) is 5.69 Å². The molecule has 12 heteroatoms. The second-order valence-corrected chi connectivity index (χ2v) is 8.74. The Bertz CT molecular complexity index is 1690. The number of hydrogen-bond acceptors (Lipinski definition) is 7. The monoisotopic (exact) mass is 540 g/mol. The number of amides is 2. The molecule has 0 radical (unpaired) electrons. The summed E-state index contributed by atoms with van der Waals surface area (Å²) < 4.78 is 2.76. The van der Waals surface area contributed by atoms with Crippen molar-refractivity contribution in [2.45, 2.75) is 13.8 Å². The minimum atomic E-state index is -0.631. The maximum Gasteiger partial charge on any atom is 0.350 e. The number of nitrogens with two attached hydrogens (primary N) is 1.